The second-order valence-electron chi connectivity index (χ2n) is 2.39. The highest BCUT2D eigenvalue weighted by Gasteiger charge is 2.12. The Balaban J connectivity index is 2.37. The van der Waals surface area contributed by atoms with Gasteiger partial charge in [0, 0.05) is 0 Å². The van der Waals surface area contributed by atoms with Crippen molar-refractivity contribution < 1.29 is 4.79 Å². The number of carbonyl (C=O) groups is 1. The zero-order valence-electron chi connectivity index (χ0n) is 5.82. The van der Waals surface area contributed by atoms with Crippen LogP contribution >= 0.6 is 0 Å². The number of fused-ring (bicyclic) bond motifs is 1. The first kappa shape index (κ1) is 6.22. The van der Waals surface area contributed by atoms with Gasteiger partial charge in [-0.1, -0.05) is 6.08 Å². The van der Waals surface area contributed by atoms with Crippen LogP contribution in [0.5, 0.6) is 0 Å². The fourth-order valence-corrected chi connectivity index (χ4v) is 1.09. The number of hydrogen-bond donors (Lipinski definition) is 0. The van der Waals surface area contributed by atoms with E-state index >= 15 is 0 Å². The van der Waals surface area contributed by atoms with Crippen LogP contribution < -0.4 is 0 Å². The van der Waals surface area contributed by atoms with E-state index in [4.69, 9.17) is 0 Å². The van der Waals surface area contributed by atoms with Crippen molar-refractivity contribution in [2.45, 2.75) is 6.42 Å². The summed E-state index contributed by atoms with van der Waals surface area (Å²) < 4.78 is 0. The summed E-state index contributed by atoms with van der Waals surface area (Å²) in [5.74, 6) is 0. The Hall–Kier alpha value is -1.51. The maximum atomic E-state index is 10.4. The number of aldehydes is 1. The minimum absolute atomic E-state index is 0.676. The Morgan fingerprint density at radius 3 is 3.27 bits per heavy atom. The van der Waals surface area contributed by atoms with E-state index in [1.165, 1.54) is 6.34 Å². The normalized spacial score (nSPS) is 20.2. The Labute approximate surface area is 63.9 Å². The molecule has 1 aliphatic heterocycles. The molecule has 0 aromatic rings. The van der Waals surface area contributed by atoms with Gasteiger partial charge in [0.15, 0.2) is 0 Å². The van der Waals surface area contributed by atoms with Crippen molar-refractivity contribution in [2.24, 2.45) is 9.98 Å². The monoisotopic (exact) mass is 146 g/mol. The predicted molar refractivity (Wildman–Crippen MR) is 42.8 cm³/mol. The van der Waals surface area contributed by atoms with Crippen molar-refractivity contribution in [3.8, 4) is 0 Å². The van der Waals surface area contributed by atoms with Crippen LogP contribution in [0.15, 0.2) is 33.4 Å². The van der Waals surface area contributed by atoms with Crippen LogP contribution in [0.4, 0.5) is 0 Å². The summed E-state index contributed by atoms with van der Waals surface area (Å²) in [7, 11) is 0. The van der Waals surface area contributed by atoms with E-state index in [-0.39, 0.29) is 0 Å². The molecule has 3 nitrogen and oxygen atoms in total. The number of nitrogens with zero attached hydrogens (tertiary/aromatic N) is 2. The van der Waals surface area contributed by atoms with E-state index in [1.54, 1.807) is 6.08 Å². The fourth-order valence-electron chi connectivity index (χ4n) is 1.09. The van der Waals surface area contributed by atoms with Crippen LogP contribution in [0.1, 0.15) is 6.42 Å². The summed E-state index contributed by atoms with van der Waals surface area (Å²) in [6, 6.07) is 0. The zero-order chi connectivity index (χ0) is 7.68. The molecule has 0 radical (unpaired) electrons. The standard InChI is InChI=1S/C8H6N2O/c11-4-6-1-2-7-8(3-6)10-5-9-7/h2-5H,1H2. The van der Waals surface area contributed by atoms with E-state index < -0.39 is 0 Å². The number of carbonyl (C=O) groups excluding carboxylic acids is 1. The number of allylic oxidation sites excluding steroid dienone is 3. The first-order valence-electron chi connectivity index (χ1n) is 3.37. The highest BCUT2D eigenvalue weighted by Crippen LogP contribution is 2.17. The van der Waals surface area contributed by atoms with Gasteiger partial charge in [0.05, 0.1) is 11.4 Å². The summed E-state index contributed by atoms with van der Waals surface area (Å²) in [6.07, 6.45) is 6.72. The molecule has 1 aliphatic carbocycles. The molecule has 0 fully saturated rings. The fraction of sp³-hybridized carbons (Fsp3) is 0.125. The van der Waals surface area contributed by atoms with Gasteiger partial charge in [-0.15, -0.1) is 0 Å². The lowest BCUT2D eigenvalue weighted by Gasteiger charge is -2.03. The summed E-state index contributed by atoms with van der Waals surface area (Å²) in [5.41, 5.74) is 2.45. The van der Waals surface area contributed by atoms with Gasteiger partial charge >= 0.3 is 0 Å². The van der Waals surface area contributed by atoms with Gasteiger partial charge in [-0.05, 0) is 18.1 Å². The maximum absolute atomic E-state index is 10.4. The van der Waals surface area contributed by atoms with E-state index in [0.29, 0.717) is 6.42 Å². The van der Waals surface area contributed by atoms with Gasteiger partial charge in [-0.3, -0.25) is 4.79 Å². The van der Waals surface area contributed by atoms with Crippen molar-refractivity contribution in [3.63, 3.8) is 0 Å². The molecule has 0 atom stereocenters. The van der Waals surface area contributed by atoms with E-state index in [1.807, 2.05) is 6.08 Å². The Kier molecular flexibility index (Phi) is 1.28. The van der Waals surface area contributed by atoms with Crippen molar-refractivity contribution in [2.75, 3.05) is 0 Å². The molecule has 2 rings (SSSR count). The molecular formula is C8H6N2O. The zero-order valence-corrected chi connectivity index (χ0v) is 5.82. The molecule has 0 bridgehead atoms. The Morgan fingerprint density at radius 2 is 2.45 bits per heavy atom. The van der Waals surface area contributed by atoms with Crippen molar-refractivity contribution in [3.05, 3.63) is 23.4 Å². The minimum Gasteiger partial charge on any atom is -0.298 e. The molecule has 0 aromatic heterocycles. The molecule has 0 aromatic carbocycles. The molecule has 1 heterocycles. The SMILES string of the molecule is O=CC1=CC2=NC=NC2=CC1. The lowest BCUT2D eigenvalue weighted by Crippen LogP contribution is -2.01. The number of aliphatic imine (C=N–C) groups is 2. The van der Waals surface area contributed by atoms with E-state index in [9.17, 15) is 4.79 Å². The highest BCUT2D eigenvalue weighted by atomic mass is 16.1. The second kappa shape index (κ2) is 2.27. The molecule has 2 aliphatic rings. The summed E-state index contributed by atoms with van der Waals surface area (Å²) in [4.78, 5) is 18.3. The molecule has 11 heavy (non-hydrogen) atoms. The molecule has 0 spiro atoms. The molecule has 0 amide bonds. The minimum atomic E-state index is 0.676. The van der Waals surface area contributed by atoms with Crippen LogP contribution in [-0.4, -0.2) is 18.3 Å². The second-order valence-corrected chi connectivity index (χ2v) is 2.39. The molecular weight excluding hydrogens is 140 g/mol. The smallest absolute Gasteiger partial charge is 0.146 e. The Bertz CT molecular complexity index is 321. The van der Waals surface area contributed by atoms with Gasteiger partial charge in [-0.25, -0.2) is 9.98 Å². The summed E-state index contributed by atoms with van der Waals surface area (Å²) in [5, 5.41) is 0. The van der Waals surface area contributed by atoms with Gasteiger partial charge < -0.3 is 0 Å². The highest BCUT2D eigenvalue weighted by molar-refractivity contribution is 6.17. The first-order valence-corrected chi connectivity index (χ1v) is 3.37. The van der Waals surface area contributed by atoms with Crippen LogP contribution in [0.25, 0.3) is 0 Å². The third-order valence-electron chi connectivity index (χ3n) is 1.66. The quantitative estimate of drug-likeness (QED) is 0.506. The average molecular weight is 146 g/mol. The third kappa shape index (κ3) is 0.941. The van der Waals surface area contributed by atoms with E-state index in [0.717, 1.165) is 23.3 Å². The van der Waals surface area contributed by atoms with Crippen LogP contribution in [0.3, 0.4) is 0 Å². The predicted octanol–water partition coefficient (Wildman–Crippen LogP) is 0.882. The summed E-state index contributed by atoms with van der Waals surface area (Å²) in [6.45, 7) is 0. The maximum Gasteiger partial charge on any atom is 0.146 e. The third-order valence-corrected chi connectivity index (χ3v) is 1.66. The first-order chi connectivity index (χ1) is 5.40. The lowest BCUT2D eigenvalue weighted by molar-refractivity contribution is -0.104. The molecule has 0 N–H and O–H groups in total. The topological polar surface area (TPSA) is 41.8 Å². The molecule has 0 saturated heterocycles. The van der Waals surface area contributed by atoms with Crippen LogP contribution in [0.2, 0.25) is 0 Å². The largest absolute Gasteiger partial charge is 0.298 e. The van der Waals surface area contributed by atoms with Gasteiger partial charge in [0.1, 0.15) is 12.6 Å². The van der Waals surface area contributed by atoms with Gasteiger partial charge in [0.25, 0.3) is 0 Å². The van der Waals surface area contributed by atoms with Crippen molar-refractivity contribution >= 4 is 18.3 Å². The van der Waals surface area contributed by atoms with Crippen molar-refractivity contribution in [1.29, 1.82) is 0 Å². The average Bonchev–Trinajstić information content (AvgIpc) is 2.50. The van der Waals surface area contributed by atoms with Crippen LogP contribution in [0, 0.1) is 0 Å². The Morgan fingerprint density at radius 1 is 1.55 bits per heavy atom. The number of hydrogen-bond acceptors (Lipinski definition) is 3. The summed E-state index contributed by atoms with van der Waals surface area (Å²) >= 11 is 0. The molecule has 54 valence electrons. The lowest BCUT2D eigenvalue weighted by atomic mass is 10.0. The molecule has 0 saturated carbocycles. The van der Waals surface area contributed by atoms with Gasteiger partial charge in [0.2, 0.25) is 0 Å². The number of rotatable bonds is 1. The molecule has 3 heteroatoms. The molecule has 0 unspecified atom stereocenters. The van der Waals surface area contributed by atoms with Crippen molar-refractivity contribution in [1.82, 2.24) is 0 Å². The van der Waals surface area contributed by atoms with E-state index in [2.05, 4.69) is 9.98 Å². The van der Waals surface area contributed by atoms with Gasteiger partial charge in [-0.2, -0.15) is 0 Å². The van der Waals surface area contributed by atoms with Crippen LogP contribution in [-0.2, 0) is 4.79 Å².